The van der Waals surface area contributed by atoms with E-state index >= 15 is 0 Å². The second kappa shape index (κ2) is 13.8. The monoisotopic (exact) mass is 254 g/mol. The lowest BCUT2D eigenvalue weighted by Crippen LogP contribution is -2.00. The maximum absolute atomic E-state index is 9.63. The quantitative estimate of drug-likeness (QED) is 0.395. The summed E-state index contributed by atoms with van der Waals surface area (Å²) >= 11 is 0. The van der Waals surface area contributed by atoms with E-state index in [1.165, 1.54) is 18.6 Å². The number of aliphatic imine (C=N–C) groups is 2. The summed E-state index contributed by atoms with van der Waals surface area (Å²) in [6, 6.07) is 0. The molecule has 0 atom stereocenters. The lowest BCUT2D eigenvalue weighted by molar-refractivity contribution is 0.398. The van der Waals surface area contributed by atoms with Crippen LogP contribution in [0.15, 0.2) is 9.98 Å². The van der Waals surface area contributed by atoms with Crippen LogP contribution >= 0.6 is 0 Å². The molecule has 0 aromatic carbocycles. The zero-order valence-corrected chi connectivity index (χ0v) is 12.2. The molecule has 0 unspecified atom stereocenters. The Morgan fingerprint density at radius 1 is 0.833 bits per heavy atom. The van der Waals surface area contributed by atoms with Crippen LogP contribution in [0.5, 0.6) is 0 Å². The van der Waals surface area contributed by atoms with Crippen LogP contribution < -0.4 is 0 Å². The van der Waals surface area contributed by atoms with E-state index in [0.717, 1.165) is 25.7 Å². The Morgan fingerprint density at radius 3 is 1.39 bits per heavy atom. The minimum atomic E-state index is 0.542. The zero-order valence-electron chi connectivity index (χ0n) is 12.2. The molecule has 0 saturated heterocycles. The van der Waals surface area contributed by atoms with Crippen molar-refractivity contribution in [2.24, 2.45) is 15.4 Å². The van der Waals surface area contributed by atoms with Gasteiger partial charge in [0.1, 0.15) is 0 Å². The summed E-state index contributed by atoms with van der Waals surface area (Å²) in [6.45, 7) is 10.0. The first-order valence-electron chi connectivity index (χ1n) is 6.55. The van der Waals surface area contributed by atoms with Gasteiger partial charge in [-0.15, -0.1) is 0 Å². The Hall–Kier alpha value is -1.24. The topological polar surface area (TPSA) is 58.9 Å². The molecule has 0 heterocycles. The molecule has 0 bridgehead atoms. The third kappa shape index (κ3) is 24.1. The van der Waals surface area contributed by atoms with Crippen LogP contribution in [0.1, 0.15) is 59.8 Å². The number of isocyanates is 2. The van der Waals surface area contributed by atoms with Gasteiger partial charge in [-0.1, -0.05) is 47.0 Å². The Labute approximate surface area is 111 Å². The van der Waals surface area contributed by atoms with E-state index in [9.17, 15) is 9.59 Å². The van der Waals surface area contributed by atoms with Crippen molar-refractivity contribution in [1.29, 1.82) is 0 Å². The highest BCUT2D eigenvalue weighted by Crippen LogP contribution is 2.16. The number of hydrogen-bond donors (Lipinski definition) is 0. The smallest absolute Gasteiger partial charge is 0.211 e. The first-order valence-corrected chi connectivity index (χ1v) is 6.55. The summed E-state index contributed by atoms with van der Waals surface area (Å²) in [5.41, 5.74) is 0.542. The molecule has 0 fully saturated rings. The molecule has 0 aliphatic heterocycles. The third-order valence-electron chi connectivity index (χ3n) is 2.48. The van der Waals surface area contributed by atoms with Gasteiger partial charge in [0.25, 0.3) is 0 Å². The van der Waals surface area contributed by atoms with E-state index in [4.69, 9.17) is 0 Å². The van der Waals surface area contributed by atoms with Crippen molar-refractivity contribution in [3.8, 4) is 0 Å². The van der Waals surface area contributed by atoms with Crippen LogP contribution in [0.3, 0.4) is 0 Å². The summed E-state index contributed by atoms with van der Waals surface area (Å²) in [5, 5.41) is 0. The fourth-order valence-electron chi connectivity index (χ4n) is 0.827. The molecule has 18 heavy (non-hydrogen) atoms. The summed E-state index contributed by atoms with van der Waals surface area (Å²) in [6.07, 6.45) is 8.07. The summed E-state index contributed by atoms with van der Waals surface area (Å²) < 4.78 is 0. The molecule has 0 spiro atoms. The van der Waals surface area contributed by atoms with E-state index in [1.54, 1.807) is 0 Å². The van der Waals surface area contributed by atoms with Crippen molar-refractivity contribution in [2.75, 3.05) is 13.1 Å². The van der Waals surface area contributed by atoms with Gasteiger partial charge >= 0.3 is 0 Å². The van der Waals surface area contributed by atoms with Crippen LogP contribution in [0, 0.1) is 5.41 Å². The zero-order chi connectivity index (χ0) is 14.3. The largest absolute Gasteiger partial charge is 0.234 e. The average molecular weight is 254 g/mol. The van der Waals surface area contributed by atoms with Gasteiger partial charge in [-0.05, 0) is 18.3 Å². The average Bonchev–Trinajstić information content (AvgIpc) is 2.33. The Morgan fingerprint density at radius 2 is 1.17 bits per heavy atom. The van der Waals surface area contributed by atoms with Gasteiger partial charge < -0.3 is 0 Å². The van der Waals surface area contributed by atoms with E-state index < -0.39 is 0 Å². The molecule has 4 heteroatoms. The molecule has 0 rings (SSSR count). The first kappa shape index (κ1) is 19.1. The van der Waals surface area contributed by atoms with Crippen LogP contribution in [0.4, 0.5) is 0 Å². The van der Waals surface area contributed by atoms with Crippen LogP contribution in [-0.4, -0.2) is 25.2 Å². The molecular weight excluding hydrogens is 228 g/mol. The number of nitrogens with zero attached hydrogens (tertiary/aromatic N) is 2. The van der Waals surface area contributed by atoms with Gasteiger partial charge in [0.15, 0.2) is 0 Å². The van der Waals surface area contributed by atoms with E-state index in [-0.39, 0.29) is 0 Å². The molecule has 0 aromatic rings. The van der Waals surface area contributed by atoms with Gasteiger partial charge in [0.2, 0.25) is 12.2 Å². The SMILES string of the molecule is CCC(C)(C)C.O=C=NCCCCCCN=C=O. The predicted octanol–water partition coefficient (Wildman–Crippen LogP) is 3.66. The molecule has 0 aliphatic carbocycles. The number of hydrogen-bond acceptors (Lipinski definition) is 4. The standard InChI is InChI=1S/C8H12N2O2.C6H14/c11-7-9-5-3-1-2-4-6-10-8-12;1-5-6(2,3)4/h1-6H2;5H2,1-4H3. The van der Waals surface area contributed by atoms with Gasteiger partial charge in [-0.3, -0.25) is 0 Å². The van der Waals surface area contributed by atoms with Crippen molar-refractivity contribution in [1.82, 2.24) is 0 Å². The van der Waals surface area contributed by atoms with E-state index in [0.29, 0.717) is 18.5 Å². The molecule has 0 radical (unpaired) electrons. The predicted molar refractivity (Wildman–Crippen MR) is 74.2 cm³/mol. The molecule has 0 amide bonds. The van der Waals surface area contributed by atoms with Crippen LogP contribution in [0.25, 0.3) is 0 Å². The number of carbonyl (C=O) groups excluding carboxylic acids is 2. The number of unbranched alkanes of at least 4 members (excludes halogenated alkanes) is 3. The Kier molecular flexibility index (Phi) is 14.7. The minimum Gasteiger partial charge on any atom is -0.211 e. The highest BCUT2D eigenvalue weighted by atomic mass is 16.1. The lowest BCUT2D eigenvalue weighted by Gasteiger charge is -2.12. The first-order chi connectivity index (χ1) is 8.47. The summed E-state index contributed by atoms with van der Waals surface area (Å²) in [4.78, 5) is 26.1. The molecule has 104 valence electrons. The van der Waals surface area contributed by atoms with E-state index in [2.05, 4.69) is 37.7 Å². The highest BCUT2D eigenvalue weighted by Gasteiger charge is 2.03. The summed E-state index contributed by atoms with van der Waals surface area (Å²) in [5.74, 6) is 0. The molecule has 0 aliphatic rings. The normalized spacial score (nSPS) is 9.56. The van der Waals surface area contributed by atoms with Gasteiger partial charge in [-0.25, -0.2) is 19.6 Å². The maximum atomic E-state index is 9.63. The van der Waals surface area contributed by atoms with Crippen molar-refractivity contribution in [2.45, 2.75) is 59.8 Å². The fraction of sp³-hybridized carbons (Fsp3) is 0.857. The number of rotatable bonds is 7. The molecule has 0 aromatic heterocycles. The van der Waals surface area contributed by atoms with Crippen LogP contribution in [0.2, 0.25) is 0 Å². The van der Waals surface area contributed by atoms with Crippen molar-refractivity contribution in [3.63, 3.8) is 0 Å². The van der Waals surface area contributed by atoms with E-state index in [1.807, 2.05) is 0 Å². The van der Waals surface area contributed by atoms with Crippen molar-refractivity contribution in [3.05, 3.63) is 0 Å². The fourth-order valence-corrected chi connectivity index (χ4v) is 0.827. The lowest BCUT2D eigenvalue weighted by atomic mass is 9.94. The second-order valence-electron chi connectivity index (χ2n) is 5.27. The Bertz CT molecular complexity index is 248. The maximum Gasteiger partial charge on any atom is 0.234 e. The van der Waals surface area contributed by atoms with Gasteiger partial charge in [0.05, 0.1) is 13.1 Å². The molecule has 4 nitrogen and oxygen atoms in total. The van der Waals surface area contributed by atoms with Gasteiger partial charge in [0, 0.05) is 0 Å². The van der Waals surface area contributed by atoms with Crippen molar-refractivity contribution < 1.29 is 9.59 Å². The third-order valence-corrected chi connectivity index (χ3v) is 2.48. The summed E-state index contributed by atoms with van der Waals surface area (Å²) in [7, 11) is 0. The molecular formula is C14H26N2O2. The van der Waals surface area contributed by atoms with Crippen LogP contribution in [-0.2, 0) is 9.59 Å². The Balaban J connectivity index is 0. The molecule has 0 N–H and O–H groups in total. The molecule has 0 saturated carbocycles. The minimum absolute atomic E-state index is 0.542. The highest BCUT2D eigenvalue weighted by molar-refractivity contribution is 5.32. The van der Waals surface area contributed by atoms with Gasteiger partial charge in [-0.2, -0.15) is 0 Å². The second-order valence-corrected chi connectivity index (χ2v) is 5.27. The van der Waals surface area contributed by atoms with Crippen molar-refractivity contribution >= 4 is 12.2 Å².